The number of sulfonamides is 1. The molecular formula is C21H25N7O2S. The van der Waals surface area contributed by atoms with Crippen LogP contribution in [0, 0.1) is 23.2 Å². The lowest BCUT2D eigenvalue weighted by molar-refractivity contribution is 0.212. The molecule has 1 aliphatic heterocycles. The van der Waals surface area contributed by atoms with Crippen molar-refractivity contribution < 1.29 is 8.42 Å². The molecule has 10 heteroatoms. The van der Waals surface area contributed by atoms with Crippen LogP contribution in [0.3, 0.4) is 0 Å². The largest absolute Gasteiger partial charge is 0.346 e. The Bertz CT molecular complexity index is 1260. The predicted molar refractivity (Wildman–Crippen MR) is 115 cm³/mol. The van der Waals surface area contributed by atoms with Gasteiger partial charge in [-0.05, 0) is 44.1 Å². The highest BCUT2D eigenvalue weighted by Crippen LogP contribution is 2.50. The molecule has 3 aromatic rings. The van der Waals surface area contributed by atoms with Gasteiger partial charge in [-0.1, -0.05) is 0 Å². The second kappa shape index (κ2) is 7.43. The predicted octanol–water partition coefficient (Wildman–Crippen LogP) is 2.51. The van der Waals surface area contributed by atoms with Gasteiger partial charge in [0.25, 0.3) is 0 Å². The van der Waals surface area contributed by atoms with E-state index in [4.69, 9.17) is 0 Å². The molecule has 1 saturated heterocycles. The van der Waals surface area contributed by atoms with Gasteiger partial charge in [-0.15, -0.1) is 0 Å². The monoisotopic (exact) mass is 439 g/mol. The molecule has 5 rings (SSSR count). The first-order valence-electron chi connectivity index (χ1n) is 10.6. The molecule has 0 spiro atoms. The van der Waals surface area contributed by atoms with Crippen LogP contribution in [-0.2, 0) is 15.6 Å². The van der Waals surface area contributed by atoms with Crippen molar-refractivity contribution >= 4 is 21.1 Å². The van der Waals surface area contributed by atoms with Gasteiger partial charge in [-0.3, -0.25) is 4.68 Å². The third kappa shape index (κ3) is 3.32. The van der Waals surface area contributed by atoms with Crippen molar-refractivity contribution in [3.05, 3.63) is 31.0 Å². The number of H-pyrrole nitrogens is 1. The lowest BCUT2D eigenvalue weighted by Gasteiger charge is -2.33. The minimum absolute atomic E-state index is 0.128. The van der Waals surface area contributed by atoms with E-state index in [1.54, 1.807) is 17.4 Å². The molecule has 31 heavy (non-hydrogen) atoms. The molecule has 0 amide bonds. The number of hydrogen-bond acceptors (Lipinski definition) is 6. The number of aromatic amines is 1. The van der Waals surface area contributed by atoms with Crippen LogP contribution in [0.4, 0.5) is 0 Å². The van der Waals surface area contributed by atoms with E-state index in [0.29, 0.717) is 25.4 Å². The SMILES string of the molecule is CCS(=O)(=O)N1CC[C@H]2C[C@@](CC#N)(n3cc(-c4ncnc5[nH]ccc45)cn3)C[C@H]2C1. The lowest BCUT2D eigenvalue weighted by Crippen LogP contribution is -2.42. The van der Waals surface area contributed by atoms with Gasteiger partial charge in [0.15, 0.2) is 0 Å². The third-order valence-corrected chi connectivity index (χ3v) is 8.85. The van der Waals surface area contributed by atoms with Gasteiger partial charge in [0.05, 0.1) is 35.7 Å². The van der Waals surface area contributed by atoms with E-state index in [1.807, 2.05) is 23.1 Å². The fourth-order valence-electron chi connectivity index (χ4n) is 5.41. The molecule has 2 aliphatic rings. The zero-order valence-corrected chi connectivity index (χ0v) is 18.2. The van der Waals surface area contributed by atoms with Crippen LogP contribution < -0.4 is 0 Å². The summed E-state index contributed by atoms with van der Waals surface area (Å²) in [5.41, 5.74) is 2.04. The van der Waals surface area contributed by atoms with Gasteiger partial charge in [-0.25, -0.2) is 22.7 Å². The molecule has 162 valence electrons. The van der Waals surface area contributed by atoms with E-state index in [2.05, 4.69) is 26.1 Å². The van der Waals surface area contributed by atoms with Crippen LogP contribution in [0.25, 0.3) is 22.3 Å². The highest BCUT2D eigenvalue weighted by atomic mass is 32.2. The maximum absolute atomic E-state index is 12.4. The first-order valence-corrected chi connectivity index (χ1v) is 12.2. The number of rotatable bonds is 5. The van der Waals surface area contributed by atoms with Crippen molar-refractivity contribution in [3.8, 4) is 17.3 Å². The zero-order valence-electron chi connectivity index (χ0n) is 17.4. The van der Waals surface area contributed by atoms with Crippen LogP contribution in [0.2, 0.25) is 0 Å². The summed E-state index contributed by atoms with van der Waals surface area (Å²) in [6, 6.07) is 4.31. The number of piperidine rings is 1. The first-order chi connectivity index (χ1) is 15.0. The van der Waals surface area contributed by atoms with Gasteiger partial charge in [0.2, 0.25) is 10.0 Å². The minimum atomic E-state index is -3.19. The second-order valence-corrected chi connectivity index (χ2v) is 10.9. The number of aromatic nitrogens is 5. The molecule has 9 nitrogen and oxygen atoms in total. The molecule has 3 aromatic heterocycles. The Balaban J connectivity index is 1.46. The molecule has 0 aromatic carbocycles. The molecule has 1 N–H and O–H groups in total. The van der Waals surface area contributed by atoms with Crippen molar-refractivity contribution in [3.63, 3.8) is 0 Å². The summed E-state index contributed by atoms with van der Waals surface area (Å²) >= 11 is 0. The Morgan fingerprint density at radius 2 is 2.16 bits per heavy atom. The topological polar surface area (TPSA) is 121 Å². The van der Waals surface area contributed by atoms with Gasteiger partial charge < -0.3 is 4.98 Å². The first kappa shape index (κ1) is 20.2. The summed E-state index contributed by atoms with van der Waals surface area (Å²) in [6.07, 6.45) is 9.92. The van der Waals surface area contributed by atoms with E-state index in [9.17, 15) is 13.7 Å². The van der Waals surface area contributed by atoms with E-state index >= 15 is 0 Å². The summed E-state index contributed by atoms with van der Waals surface area (Å²) in [4.78, 5) is 11.8. The Kier molecular flexibility index (Phi) is 4.83. The summed E-state index contributed by atoms with van der Waals surface area (Å²) in [5, 5.41) is 15.2. The molecule has 4 heterocycles. The number of nitrogens with one attached hydrogen (secondary N) is 1. The van der Waals surface area contributed by atoms with Crippen LogP contribution >= 0.6 is 0 Å². The zero-order chi connectivity index (χ0) is 21.6. The van der Waals surface area contributed by atoms with Crippen LogP contribution in [0.5, 0.6) is 0 Å². The molecule has 0 unspecified atom stereocenters. The normalized spacial score (nSPS) is 26.7. The molecule has 0 bridgehead atoms. The maximum atomic E-state index is 12.4. The Hall–Kier alpha value is -2.77. The average molecular weight is 440 g/mol. The van der Waals surface area contributed by atoms with Gasteiger partial charge >= 0.3 is 0 Å². The van der Waals surface area contributed by atoms with E-state index in [1.165, 1.54) is 6.33 Å². The summed E-state index contributed by atoms with van der Waals surface area (Å²) < 4.78 is 28.3. The summed E-state index contributed by atoms with van der Waals surface area (Å²) in [6.45, 7) is 2.80. The molecule has 1 saturated carbocycles. The van der Waals surface area contributed by atoms with Crippen molar-refractivity contribution in [2.45, 2.75) is 38.1 Å². The van der Waals surface area contributed by atoms with E-state index in [0.717, 1.165) is 41.6 Å². The quantitative estimate of drug-likeness (QED) is 0.652. The number of hydrogen-bond donors (Lipinski definition) is 1. The van der Waals surface area contributed by atoms with Gasteiger partial charge in [0, 0.05) is 36.4 Å². The maximum Gasteiger partial charge on any atom is 0.213 e. The van der Waals surface area contributed by atoms with Gasteiger partial charge in [-0.2, -0.15) is 10.4 Å². The Morgan fingerprint density at radius 1 is 1.32 bits per heavy atom. The summed E-state index contributed by atoms with van der Waals surface area (Å²) in [5.74, 6) is 0.772. The molecular weight excluding hydrogens is 414 g/mol. The fraction of sp³-hybridized carbons (Fsp3) is 0.524. The minimum Gasteiger partial charge on any atom is -0.346 e. The van der Waals surface area contributed by atoms with Crippen LogP contribution in [0.15, 0.2) is 31.0 Å². The number of nitrogens with zero attached hydrogens (tertiary/aromatic N) is 6. The molecule has 2 fully saturated rings. The number of nitriles is 1. The molecule has 1 aliphatic carbocycles. The standard InChI is InChI=1S/C21H25N7O2S/c1-2-31(29,30)27-8-4-15-9-21(5-6-22,10-16(15)12-27)28-13-17(11-26-28)19-18-3-7-23-20(18)25-14-24-19/h3,7,11,13-16H,2,4-5,8-10,12H2,1H3,(H,23,24,25)/t15-,16-,21+/m0/s1. The van der Waals surface area contributed by atoms with Crippen molar-refractivity contribution in [1.29, 1.82) is 5.26 Å². The van der Waals surface area contributed by atoms with Crippen molar-refractivity contribution in [2.75, 3.05) is 18.8 Å². The van der Waals surface area contributed by atoms with Crippen LogP contribution in [-0.4, -0.2) is 56.3 Å². The number of fused-ring (bicyclic) bond motifs is 2. The van der Waals surface area contributed by atoms with Gasteiger partial charge in [0.1, 0.15) is 12.0 Å². The van der Waals surface area contributed by atoms with Crippen LogP contribution in [0.1, 0.15) is 32.6 Å². The Labute approximate surface area is 181 Å². The van der Waals surface area contributed by atoms with Crippen molar-refractivity contribution in [2.24, 2.45) is 11.8 Å². The third-order valence-electron chi connectivity index (χ3n) is 7.00. The Morgan fingerprint density at radius 3 is 2.97 bits per heavy atom. The molecule has 0 radical (unpaired) electrons. The van der Waals surface area contributed by atoms with E-state index in [-0.39, 0.29) is 11.7 Å². The second-order valence-electron chi connectivity index (χ2n) is 8.67. The highest BCUT2D eigenvalue weighted by molar-refractivity contribution is 7.89. The molecule has 3 atom stereocenters. The summed E-state index contributed by atoms with van der Waals surface area (Å²) in [7, 11) is -3.19. The van der Waals surface area contributed by atoms with Crippen molar-refractivity contribution in [1.82, 2.24) is 29.0 Å². The highest BCUT2D eigenvalue weighted by Gasteiger charge is 2.49. The average Bonchev–Trinajstić information content (AvgIpc) is 3.50. The lowest BCUT2D eigenvalue weighted by atomic mass is 9.90. The van der Waals surface area contributed by atoms with E-state index < -0.39 is 15.6 Å². The fourth-order valence-corrected chi connectivity index (χ4v) is 6.58. The smallest absolute Gasteiger partial charge is 0.213 e.